The fourth-order valence-corrected chi connectivity index (χ4v) is 5.11. The predicted octanol–water partition coefficient (Wildman–Crippen LogP) is 3.20. The Morgan fingerprint density at radius 2 is 1.89 bits per heavy atom. The van der Waals surface area contributed by atoms with E-state index in [1.165, 1.54) is 12.8 Å². The van der Waals surface area contributed by atoms with Crippen LogP contribution in [0.15, 0.2) is 24.3 Å². The van der Waals surface area contributed by atoms with Crippen LogP contribution < -0.4 is 0 Å². The van der Waals surface area contributed by atoms with Crippen LogP contribution in [0.25, 0.3) is 0 Å². The lowest BCUT2D eigenvalue weighted by Crippen LogP contribution is -2.48. The van der Waals surface area contributed by atoms with E-state index in [0.717, 1.165) is 64.9 Å². The summed E-state index contributed by atoms with van der Waals surface area (Å²) in [4.78, 5) is 17.9. The van der Waals surface area contributed by atoms with E-state index in [9.17, 15) is 4.79 Å². The van der Waals surface area contributed by atoms with Gasteiger partial charge in [-0.3, -0.25) is 4.79 Å². The summed E-state index contributed by atoms with van der Waals surface area (Å²) in [6.07, 6.45) is 8.28. The van der Waals surface area contributed by atoms with Crippen molar-refractivity contribution in [3.63, 3.8) is 0 Å². The molecule has 1 spiro atoms. The van der Waals surface area contributed by atoms with Gasteiger partial charge in [-0.1, -0.05) is 0 Å². The van der Waals surface area contributed by atoms with E-state index in [2.05, 4.69) is 15.9 Å². The second-order valence-electron chi connectivity index (χ2n) is 8.26. The molecular weight excluding hydrogens is 338 g/mol. The summed E-state index contributed by atoms with van der Waals surface area (Å²) < 4.78 is 5.82. The first-order valence-electron chi connectivity index (χ1n) is 10.4. The molecule has 0 aromatic heterocycles. The molecule has 3 saturated heterocycles. The van der Waals surface area contributed by atoms with Gasteiger partial charge < -0.3 is 14.5 Å². The Morgan fingerprint density at radius 1 is 1.11 bits per heavy atom. The van der Waals surface area contributed by atoms with Gasteiger partial charge in [0.2, 0.25) is 0 Å². The highest BCUT2D eigenvalue weighted by Gasteiger charge is 2.44. The zero-order valence-corrected chi connectivity index (χ0v) is 16.0. The van der Waals surface area contributed by atoms with Crippen LogP contribution in [0.4, 0.5) is 0 Å². The molecule has 4 rings (SSSR count). The minimum Gasteiger partial charge on any atom is -0.377 e. The highest BCUT2D eigenvalue weighted by atomic mass is 16.5. The number of hydrogen-bond donors (Lipinski definition) is 0. The Bertz CT molecular complexity index is 705. The van der Waals surface area contributed by atoms with Crippen LogP contribution in [-0.4, -0.2) is 60.1 Å². The van der Waals surface area contributed by atoms with E-state index in [0.29, 0.717) is 17.2 Å². The van der Waals surface area contributed by atoms with Gasteiger partial charge in [0.05, 0.1) is 17.7 Å². The summed E-state index contributed by atoms with van der Waals surface area (Å²) in [5.41, 5.74) is 1.31. The number of amides is 1. The number of hydrogen-bond acceptors (Lipinski definition) is 4. The average Bonchev–Trinajstić information content (AvgIpc) is 3.30. The van der Waals surface area contributed by atoms with Gasteiger partial charge in [0.1, 0.15) is 0 Å². The molecule has 0 bridgehead atoms. The lowest BCUT2D eigenvalue weighted by molar-refractivity contribution is 0.0536. The van der Waals surface area contributed by atoms with E-state index in [1.807, 2.05) is 0 Å². The quantitative estimate of drug-likeness (QED) is 0.823. The van der Waals surface area contributed by atoms with Crippen molar-refractivity contribution in [3.05, 3.63) is 35.4 Å². The van der Waals surface area contributed by atoms with E-state index in [1.54, 1.807) is 24.3 Å². The number of ether oxygens (including phenoxy) is 1. The maximum atomic E-state index is 13.2. The molecule has 0 saturated carbocycles. The molecule has 2 unspecified atom stereocenters. The topological polar surface area (TPSA) is 56.6 Å². The third-order valence-corrected chi connectivity index (χ3v) is 6.60. The van der Waals surface area contributed by atoms with Crippen molar-refractivity contribution >= 4 is 5.91 Å². The lowest BCUT2D eigenvalue weighted by atomic mass is 9.87. The maximum Gasteiger partial charge on any atom is 0.254 e. The maximum absolute atomic E-state index is 13.2. The highest BCUT2D eigenvalue weighted by molar-refractivity contribution is 5.95. The van der Waals surface area contributed by atoms with Crippen LogP contribution in [-0.2, 0) is 4.74 Å². The largest absolute Gasteiger partial charge is 0.377 e. The van der Waals surface area contributed by atoms with Gasteiger partial charge in [-0.25, -0.2) is 0 Å². The molecule has 5 heteroatoms. The summed E-state index contributed by atoms with van der Waals surface area (Å²) in [5, 5.41) is 8.98. The molecule has 144 valence electrons. The van der Waals surface area contributed by atoms with E-state index < -0.39 is 0 Å². The van der Waals surface area contributed by atoms with Crippen LogP contribution in [0.5, 0.6) is 0 Å². The fraction of sp³-hybridized carbons (Fsp3) is 0.636. The van der Waals surface area contributed by atoms with Crippen molar-refractivity contribution in [3.8, 4) is 6.07 Å². The Balaban J connectivity index is 1.44. The molecule has 0 radical (unpaired) electrons. The first kappa shape index (κ1) is 18.5. The molecule has 1 aromatic carbocycles. The number of nitriles is 1. The fourth-order valence-electron chi connectivity index (χ4n) is 5.11. The van der Waals surface area contributed by atoms with Crippen molar-refractivity contribution in [2.24, 2.45) is 0 Å². The Hall–Kier alpha value is -1.90. The van der Waals surface area contributed by atoms with Gasteiger partial charge in [0.15, 0.2) is 0 Å². The number of carbonyl (C=O) groups excluding carboxylic acids is 1. The summed E-state index contributed by atoms with van der Waals surface area (Å²) >= 11 is 0. The predicted molar refractivity (Wildman–Crippen MR) is 103 cm³/mol. The molecule has 0 aliphatic carbocycles. The van der Waals surface area contributed by atoms with Crippen molar-refractivity contribution in [1.29, 1.82) is 5.26 Å². The summed E-state index contributed by atoms with van der Waals surface area (Å²) in [7, 11) is 0. The lowest BCUT2D eigenvalue weighted by Gasteiger charge is -2.38. The smallest absolute Gasteiger partial charge is 0.254 e. The Labute approximate surface area is 161 Å². The molecule has 3 heterocycles. The standard InChI is InChI=1S/C22H29N3O2/c23-16-18-5-7-19(8-6-18)21(26)25-13-3-10-22(25)9-2-12-24(14-11-22)17-20-4-1-15-27-20/h5-8,20H,1-4,9-15,17H2. The number of benzene rings is 1. The van der Waals surface area contributed by atoms with Crippen LogP contribution >= 0.6 is 0 Å². The minimum absolute atomic E-state index is 0.0102. The molecule has 3 aliphatic heterocycles. The molecule has 27 heavy (non-hydrogen) atoms. The number of likely N-dealkylation sites (tertiary alicyclic amines) is 2. The van der Waals surface area contributed by atoms with Crippen LogP contribution in [0.3, 0.4) is 0 Å². The zero-order valence-electron chi connectivity index (χ0n) is 16.0. The van der Waals surface area contributed by atoms with Gasteiger partial charge in [-0.05, 0) is 75.8 Å². The second-order valence-corrected chi connectivity index (χ2v) is 8.26. The van der Waals surface area contributed by atoms with E-state index >= 15 is 0 Å². The van der Waals surface area contributed by atoms with Crippen molar-refractivity contribution in [2.45, 2.75) is 56.6 Å². The Morgan fingerprint density at radius 3 is 2.59 bits per heavy atom. The number of rotatable bonds is 3. The van der Waals surface area contributed by atoms with Crippen LogP contribution in [0, 0.1) is 11.3 Å². The molecule has 5 nitrogen and oxygen atoms in total. The first-order valence-corrected chi connectivity index (χ1v) is 10.4. The van der Waals surface area contributed by atoms with Crippen molar-refractivity contribution in [1.82, 2.24) is 9.80 Å². The molecule has 3 aliphatic rings. The number of nitrogens with zero attached hydrogens (tertiary/aromatic N) is 3. The van der Waals surface area contributed by atoms with Crippen LogP contribution in [0.2, 0.25) is 0 Å². The van der Waals surface area contributed by atoms with Gasteiger partial charge in [0.25, 0.3) is 5.91 Å². The molecular formula is C22H29N3O2. The molecule has 3 fully saturated rings. The second kappa shape index (κ2) is 8.00. The summed E-state index contributed by atoms with van der Waals surface area (Å²) in [6, 6.07) is 9.20. The normalized spacial score (nSPS) is 29.0. The molecule has 1 amide bonds. The highest BCUT2D eigenvalue weighted by Crippen LogP contribution is 2.39. The van der Waals surface area contributed by atoms with Crippen LogP contribution in [0.1, 0.15) is 60.9 Å². The van der Waals surface area contributed by atoms with Gasteiger partial charge in [-0.2, -0.15) is 5.26 Å². The molecule has 2 atom stereocenters. The van der Waals surface area contributed by atoms with Gasteiger partial charge >= 0.3 is 0 Å². The molecule has 0 N–H and O–H groups in total. The van der Waals surface area contributed by atoms with E-state index in [-0.39, 0.29) is 11.4 Å². The molecule has 1 aromatic rings. The minimum atomic E-state index is 0.0102. The summed E-state index contributed by atoms with van der Waals surface area (Å²) in [6.45, 7) is 4.97. The third-order valence-electron chi connectivity index (χ3n) is 6.60. The monoisotopic (exact) mass is 367 g/mol. The number of carbonyl (C=O) groups is 1. The van der Waals surface area contributed by atoms with Gasteiger partial charge in [-0.15, -0.1) is 0 Å². The first-order chi connectivity index (χ1) is 13.2. The average molecular weight is 367 g/mol. The third kappa shape index (κ3) is 3.88. The zero-order chi connectivity index (χ0) is 18.7. The Kier molecular flexibility index (Phi) is 5.47. The van der Waals surface area contributed by atoms with E-state index in [4.69, 9.17) is 10.00 Å². The van der Waals surface area contributed by atoms with Gasteiger partial charge in [0, 0.05) is 37.3 Å². The van der Waals surface area contributed by atoms with Crippen molar-refractivity contribution < 1.29 is 9.53 Å². The SMILES string of the molecule is N#Cc1ccc(C(=O)N2CCCC23CCCN(CC2CCCO2)CC3)cc1. The summed E-state index contributed by atoms with van der Waals surface area (Å²) in [5.74, 6) is 0.129. The van der Waals surface area contributed by atoms with Crippen molar-refractivity contribution in [2.75, 3.05) is 32.8 Å².